The van der Waals surface area contributed by atoms with Crippen molar-refractivity contribution < 1.29 is 14.4 Å². The van der Waals surface area contributed by atoms with E-state index in [2.05, 4.69) is 5.32 Å². The van der Waals surface area contributed by atoms with Gasteiger partial charge in [0, 0.05) is 5.69 Å². The zero-order valence-electron chi connectivity index (χ0n) is 12.2. The summed E-state index contributed by atoms with van der Waals surface area (Å²) >= 11 is 0. The number of carbonyl (C=O) groups excluding carboxylic acids is 3. The summed E-state index contributed by atoms with van der Waals surface area (Å²) in [5.74, 6) is -0.190. The summed E-state index contributed by atoms with van der Waals surface area (Å²) < 4.78 is 0. The topological polar surface area (TPSA) is 66.5 Å². The lowest BCUT2D eigenvalue weighted by Gasteiger charge is -2.19. The molecule has 3 fully saturated rings. The maximum Gasteiger partial charge on any atom is 0.244 e. The number of fused-ring (bicyclic) bond motifs is 5. The first kappa shape index (κ1) is 13.5. The van der Waals surface area contributed by atoms with Crippen molar-refractivity contribution in [3.8, 4) is 0 Å². The molecule has 114 valence electrons. The van der Waals surface area contributed by atoms with Gasteiger partial charge in [-0.05, 0) is 43.2 Å². The molecule has 5 nitrogen and oxygen atoms in total. The minimum Gasteiger partial charge on any atom is -0.325 e. The molecule has 1 N–H and O–H groups in total. The molecular weight excluding hydrogens is 280 g/mol. The second-order valence-corrected chi connectivity index (χ2v) is 6.56. The number of benzene rings is 1. The largest absolute Gasteiger partial charge is 0.325 e. The van der Waals surface area contributed by atoms with Crippen molar-refractivity contribution in [3.05, 3.63) is 30.3 Å². The zero-order valence-corrected chi connectivity index (χ0v) is 12.2. The fourth-order valence-electron chi connectivity index (χ4n) is 4.49. The van der Waals surface area contributed by atoms with Gasteiger partial charge in [0.1, 0.15) is 6.54 Å². The van der Waals surface area contributed by atoms with Gasteiger partial charge in [-0.15, -0.1) is 0 Å². The number of imide groups is 1. The molecule has 4 unspecified atom stereocenters. The van der Waals surface area contributed by atoms with E-state index in [1.807, 2.05) is 18.2 Å². The molecule has 0 spiro atoms. The van der Waals surface area contributed by atoms with Gasteiger partial charge in [0.2, 0.25) is 17.7 Å². The predicted octanol–water partition coefficient (Wildman–Crippen LogP) is 1.66. The van der Waals surface area contributed by atoms with E-state index in [0.717, 1.165) is 19.3 Å². The predicted molar refractivity (Wildman–Crippen MR) is 79.6 cm³/mol. The zero-order chi connectivity index (χ0) is 15.3. The van der Waals surface area contributed by atoms with Crippen molar-refractivity contribution in [2.24, 2.45) is 23.7 Å². The number of nitrogens with one attached hydrogen (secondary N) is 1. The third-order valence-corrected chi connectivity index (χ3v) is 5.38. The van der Waals surface area contributed by atoms with Crippen molar-refractivity contribution in [1.29, 1.82) is 0 Å². The summed E-state index contributed by atoms with van der Waals surface area (Å²) in [6.07, 6.45) is 3.11. The molecule has 2 aliphatic carbocycles. The summed E-state index contributed by atoms with van der Waals surface area (Å²) in [5.41, 5.74) is 0.673. The second-order valence-electron chi connectivity index (χ2n) is 6.56. The first-order valence-corrected chi connectivity index (χ1v) is 7.85. The third kappa shape index (κ3) is 1.95. The summed E-state index contributed by atoms with van der Waals surface area (Å²) in [7, 11) is 0. The molecule has 4 atom stereocenters. The molecule has 4 rings (SSSR count). The van der Waals surface area contributed by atoms with Crippen LogP contribution in [0.4, 0.5) is 5.69 Å². The molecule has 1 heterocycles. The van der Waals surface area contributed by atoms with Gasteiger partial charge in [-0.1, -0.05) is 18.2 Å². The van der Waals surface area contributed by atoms with Crippen molar-refractivity contribution >= 4 is 23.4 Å². The molecule has 22 heavy (non-hydrogen) atoms. The van der Waals surface area contributed by atoms with Gasteiger partial charge < -0.3 is 5.32 Å². The van der Waals surface area contributed by atoms with Crippen LogP contribution in [-0.4, -0.2) is 29.2 Å². The monoisotopic (exact) mass is 298 g/mol. The molecular formula is C17H18N2O3. The molecule has 1 aromatic carbocycles. The Bertz CT molecular complexity index is 615. The number of nitrogens with zero attached hydrogens (tertiary/aromatic N) is 1. The Balaban J connectivity index is 1.46. The van der Waals surface area contributed by atoms with Crippen LogP contribution < -0.4 is 5.32 Å². The second kappa shape index (κ2) is 4.93. The highest BCUT2D eigenvalue weighted by atomic mass is 16.2. The lowest BCUT2D eigenvalue weighted by molar-refractivity contribution is -0.143. The summed E-state index contributed by atoms with van der Waals surface area (Å²) in [6.45, 7) is -0.168. The van der Waals surface area contributed by atoms with Crippen molar-refractivity contribution in [3.63, 3.8) is 0 Å². The van der Waals surface area contributed by atoms with Crippen LogP contribution in [0.25, 0.3) is 0 Å². The van der Waals surface area contributed by atoms with Crippen LogP contribution in [0.1, 0.15) is 19.3 Å². The maximum absolute atomic E-state index is 12.5. The molecule has 2 bridgehead atoms. The van der Waals surface area contributed by atoms with E-state index >= 15 is 0 Å². The number of anilines is 1. The van der Waals surface area contributed by atoms with Gasteiger partial charge in [0.25, 0.3) is 0 Å². The molecule has 1 aromatic rings. The van der Waals surface area contributed by atoms with E-state index in [1.54, 1.807) is 12.1 Å². The smallest absolute Gasteiger partial charge is 0.244 e. The Morgan fingerprint density at radius 1 is 1.05 bits per heavy atom. The average Bonchev–Trinajstić information content (AvgIpc) is 3.18. The van der Waals surface area contributed by atoms with E-state index in [9.17, 15) is 14.4 Å². The van der Waals surface area contributed by atoms with Crippen molar-refractivity contribution in [2.45, 2.75) is 19.3 Å². The highest BCUT2D eigenvalue weighted by molar-refractivity contribution is 6.09. The minimum atomic E-state index is -0.319. The van der Waals surface area contributed by atoms with E-state index < -0.39 is 0 Å². The molecule has 3 amide bonds. The SMILES string of the molecule is O=C(CN1C(=O)C2C3CCC(C3)C2C1=O)Nc1ccccc1. The van der Waals surface area contributed by atoms with E-state index in [-0.39, 0.29) is 36.1 Å². The quantitative estimate of drug-likeness (QED) is 0.863. The van der Waals surface area contributed by atoms with Crippen molar-refractivity contribution in [1.82, 2.24) is 4.90 Å². The minimum absolute atomic E-state index is 0.134. The highest BCUT2D eigenvalue weighted by Gasteiger charge is 2.60. The Morgan fingerprint density at radius 3 is 2.23 bits per heavy atom. The lowest BCUT2D eigenvalue weighted by atomic mass is 9.81. The molecule has 5 heteroatoms. The average molecular weight is 298 g/mol. The fraction of sp³-hybridized carbons (Fsp3) is 0.471. The Morgan fingerprint density at radius 2 is 1.64 bits per heavy atom. The number of likely N-dealkylation sites (tertiary alicyclic amines) is 1. The first-order chi connectivity index (χ1) is 10.6. The van der Waals surface area contributed by atoms with Gasteiger partial charge in [-0.25, -0.2) is 0 Å². The van der Waals surface area contributed by atoms with Gasteiger partial charge in [0.15, 0.2) is 0 Å². The molecule has 2 saturated carbocycles. The van der Waals surface area contributed by atoms with Crippen LogP contribution in [0, 0.1) is 23.7 Å². The standard InChI is InChI=1S/C17H18N2O3/c20-13(18-12-4-2-1-3-5-12)9-19-16(21)14-10-6-7-11(8-10)15(14)17(19)22/h1-5,10-11,14-15H,6-9H2,(H,18,20). The van der Waals surface area contributed by atoms with Gasteiger partial charge >= 0.3 is 0 Å². The summed E-state index contributed by atoms with van der Waals surface area (Å²) in [6, 6.07) is 9.06. The molecule has 1 aliphatic heterocycles. The number of carbonyl (C=O) groups is 3. The number of para-hydroxylation sites is 1. The van der Waals surface area contributed by atoms with Gasteiger partial charge in [-0.3, -0.25) is 19.3 Å². The Hall–Kier alpha value is -2.17. The van der Waals surface area contributed by atoms with E-state index in [1.165, 1.54) is 4.90 Å². The van der Waals surface area contributed by atoms with E-state index in [0.29, 0.717) is 17.5 Å². The van der Waals surface area contributed by atoms with Crippen LogP contribution >= 0.6 is 0 Å². The van der Waals surface area contributed by atoms with Crippen LogP contribution in [0.3, 0.4) is 0 Å². The lowest BCUT2D eigenvalue weighted by Crippen LogP contribution is -2.39. The molecule has 1 saturated heterocycles. The fourth-order valence-corrected chi connectivity index (χ4v) is 4.49. The summed E-state index contributed by atoms with van der Waals surface area (Å²) in [5, 5.41) is 2.73. The molecule has 0 radical (unpaired) electrons. The van der Waals surface area contributed by atoms with E-state index in [4.69, 9.17) is 0 Å². The maximum atomic E-state index is 12.5. The Labute approximate surface area is 128 Å². The van der Waals surface area contributed by atoms with Crippen LogP contribution in [0.15, 0.2) is 30.3 Å². The first-order valence-electron chi connectivity index (χ1n) is 7.85. The van der Waals surface area contributed by atoms with Gasteiger partial charge in [0.05, 0.1) is 11.8 Å². The molecule has 3 aliphatic rings. The normalized spacial score (nSPS) is 32.5. The molecule has 0 aromatic heterocycles. The number of hydrogen-bond donors (Lipinski definition) is 1. The van der Waals surface area contributed by atoms with Crippen molar-refractivity contribution in [2.75, 3.05) is 11.9 Å². The van der Waals surface area contributed by atoms with Crippen LogP contribution in [-0.2, 0) is 14.4 Å². The number of rotatable bonds is 3. The summed E-state index contributed by atoms with van der Waals surface area (Å²) in [4.78, 5) is 38.3. The number of hydrogen-bond acceptors (Lipinski definition) is 3. The highest BCUT2D eigenvalue weighted by Crippen LogP contribution is 2.55. The van der Waals surface area contributed by atoms with Crippen LogP contribution in [0.2, 0.25) is 0 Å². The van der Waals surface area contributed by atoms with Crippen LogP contribution in [0.5, 0.6) is 0 Å². The number of amides is 3. The third-order valence-electron chi connectivity index (χ3n) is 5.38. The Kier molecular flexibility index (Phi) is 3.03. The van der Waals surface area contributed by atoms with Gasteiger partial charge in [-0.2, -0.15) is 0 Å².